The maximum atomic E-state index is 12.0. The number of aromatic nitrogens is 2. The smallest absolute Gasteiger partial charge is 0.351 e. The van der Waals surface area contributed by atoms with Crippen LogP contribution in [0, 0.1) is 0 Å². The van der Waals surface area contributed by atoms with Gasteiger partial charge in [0.05, 0.1) is 19.1 Å². The number of carbonyl (C=O) groups excluding carboxylic acids is 1. The van der Waals surface area contributed by atoms with Gasteiger partial charge in [0.25, 0.3) is 0 Å². The molecule has 25 heavy (non-hydrogen) atoms. The van der Waals surface area contributed by atoms with Gasteiger partial charge in [0, 0.05) is 11.8 Å². The van der Waals surface area contributed by atoms with Crippen LogP contribution >= 0.6 is 0 Å². The Hall–Kier alpha value is -2.23. The van der Waals surface area contributed by atoms with Crippen molar-refractivity contribution in [3.05, 3.63) is 28.8 Å². The summed E-state index contributed by atoms with van der Waals surface area (Å²) >= 11 is 0. The third-order valence-corrected chi connectivity index (χ3v) is 3.97. The van der Waals surface area contributed by atoms with Crippen LogP contribution in [0.4, 0.5) is 5.82 Å². The minimum atomic E-state index is -1.41. The second-order valence-corrected chi connectivity index (χ2v) is 5.80. The maximum Gasteiger partial charge on any atom is 0.351 e. The third kappa shape index (κ3) is 4.25. The highest BCUT2D eigenvalue weighted by atomic mass is 16.6. The SMILES string of the molecule is C=Cc1cn([C@@H]2O[C@H](CC(=O)OCCCC)[C@@H](O)[C@H]2O)c(=O)nc1N. The number of carbonyl (C=O) groups is 1. The number of aliphatic hydroxyl groups excluding tert-OH is 2. The molecule has 0 amide bonds. The fourth-order valence-electron chi connectivity index (χ4n) is 2.52. The zero-order valence-electron chi connectivity index (χ0n) is 14.0. The average Bonchev–Trinajstić information content (AvgIpc) is 2.84. The topological polar surface area (TPSA) is 137 Å². The van der Waals surface area contributed by atoms with Crippen LogP contribution in [0.3, 0.4) is 0 Å². The highest BCUT2D eigenvalue weighted by Crippen LogP contribution is 2.30. The van der Waals surface area contributed by atoms with Crippen LogP contribution < -0.4 is 11.4 Å². The molecule has 1 aliphatic rings. The van der Waals surface area contributed by atoms with Crippen molar-refractivity contribution in [3.8, 4) is 0 Å². The van der Waals surface area contributed by atoms with Gasteiger partial charge in [0.2, 0.25) is 0 Å². The summed E-state index contributed by atoms with van der Waals surface area (Å²) in [7, 11) is 0. The number of hydrogen-bond acceptors (Lipinski definition) is 8. The summed E-state index contributed by atoms with van der Waals surface area (Å²) in [6.45, 7) is 5.82. The zero-order valence-corrected chi connectivity index (χ0v) is 14.0. The van der Waals surface area contributed by atoms with Crippen molar-refractivity contribution < 1.29 is 24.5 Å². The van der Waals surface area contributed by atoms with E-state index < -0.39 is 36.2 Å². The number of hydrogen-bond donors (Lipinski definition) is 3. The fraction of sp³-hybridized carbons (Fsp3) is 0.562. The molecule has 9 nitrogen and oxygen atoms in total. The van der Waals surface area contributed by atoms with Crippen LogP contribution in [0.15, 0.2) is 17.6 Å². The first-order valence-corrected chi connectivity index (χ1v) is 8.07. The largest absolute Gasteiger partial charge is 0.466 e. The van der Waals surface area contributed by atoms with Crippen molar-refractivity contribution in [2.75, 3.05) is 12.3 Å². The normalized spacial score (nSPS) is 25.7. The number of nitrogens with zero attached hydrogens (tertiary/aromatic N) is 2. The Balaban J connectivity index is 2.13. The highest BCUT2D eigenvalue weighted by Gasteiger charge is 2.45. The standard InChI is InChI=1S/C16H23N3O6/c1-3-5-6-24-11(20)7-10-12(21)13(22)15(25-10)19-8-9(4-2)14(17)18-16(19)23/h4,8,10,12-13,15,21-22H,2-3,5-7H2,1H3,(H2,17,18,23)/t10-,12-,13-,15-/m1/s1. The Labute approximate surface area is 144 Å². The van der Waals surface area contributed by atoms with Gasteiger partial charge in [0.15, 0.2) is 6.23 Å². The molecular weight excluding hydrogens is 330 g/mol. The quantitative estimate of drug-likeness (QED) is 0.453. The lowest BCUT2D eigenvalue weighted by atomic mass is 10.1. The van der Waals surface area contributed by atoms with Crippen molar-refractivity contribution in [2.45, 2.75) is 50.7 Å². The molecule has 0 spiro atoms. The van der Waals surface area contributed by atoms with Gasteiger partial charge in [-0.25, -0.2) is 4.79 Å². The molecule has 1 saturated heterocycles. The second kappa shape index (κ2) is 8.24. The van der Waals surface area contributed by atoms with E-state index in [9.17, 15) is 19.8 Å². The van der Waals surface area contributed by atoms with Crippen LogP contribution in [0.5, 0.6) is 0 Å². The van der Waals surface area contributed by atoms with Crippen LogP contribution in [0.25, 0.3) is 6.08 Å². The van der Waals surface area contributed by atoms with Gasteiger partial charge >= 0.3 is 11.7 Å². The van der Waals surface area contributed by atoms with Crippen LogP contribution in [-0.4, -0.2) is 50.7 Å². The Kier molecular flexibility index (Phi) is 6.29. The third-order valence-electron chi connectivity index (χ3n) is 3.97. The lowest BCUT2D eigenvalue weighted by Crippen LogP contribution is -2.36. The van der Waals surface area contributed by atoms with Gasteiger partial charge in [-0.2, -0.15) is 4.98 Å². The molecule has 0 saturated carbocycles. The first kappa shape index (κ1) is 19.1. The van der Waals surface area contributed by atoms with Gasteiger partial charge in [-0.05, 0) is 6.42 Å². The highest BCUT2D eigenvalue weighted by molar-refractivity contribution is 5.70. The fourth-order valence-corrected chi connectivity index (χ4v) is 2.52. The minimum absolute atomic E-state index is 0.000312. The predicted molar refractivity (Wildman–Crippen MR) is 89.4 cm³/mol. The summed E-state index contributed by atoms with van der Waals surface area (Å²) in [6.07, 6.45) is -0.817. The molecule has 1 aliphatic heterocycles. The Morgan fingerprint density at radius 3 is 2.88 bits per heavy atom. The molecule has 138 valence electrons. The summed E-state index contributed by atoms with van der Waals surface area (Å²) in [6, 6.07) is 0. The number of nitrogen functional groups attached to an aromatic ring is 1. The number of esters is 1. The Morgan fingerprint density at radius 2 is 2.24 bits per heavy atom. The van der Waals surface area contributed by atoms with E-state index in [2.05, 4.69) is 11.6 Å². The van der Waals surface area contributed by atoms with Gasteiger partial charge in [-0.1, -0.05) is 26.0 Å². The number of ether oxygens (including phenoxy) is 2. The van der Waals surface area contributed by atoms with Gasteiger partial charge < -0.3 is 25.4 Å². The summed E-state index contributed by atoms with van der Waals surface area (Å²) in [5.41, 5.74) is 5.24. The van der Waals surface area contributed by atoms with Crippen LogP contribution in [0.1, 0.15) is 38.0 Å². The summed E-state index contributed by atoms with van der Waals surface area (Å²) in [5.74, 6) is -0.541. The van der Waals surface area contributed by atoms with Gasteiger partial charge in [-0.15, -0.1) is 0 Å². The number of anilines is 1. The van der Waals surface area contributed by atoms with Gasteiger partial charge in [0.1, 0.15) is 18.0 Å². The van der Waals surface area contributed by atoms with E-state index in [4.69, 9.17) is 15.2 Å². The molecule has 1 aromatic rings. The number of unbranched alkanes of at least 4 members (excludes halogenated alkanes) is 1. The van der Waals surface area contributed by atoms with E-state index in [0.29, 0.717) is 5.56 Å². The molecule has 4 N–H and O–H groups in total. The number of nitrogens with two attached hydrogens (primary N) is 1. The van der Waals surface area contributed by atoms with Crippen LogP contribution in [-0.2, 0) is 14.3 Å². The molecule has 0 radical (unpaired) electrons. The molecular formula is C16H23N3O6. The summed E-state index contributed by atoms with van der Waals surface area (Å²) in [5, 5.41) is 20.3. The lowest BCUT2D eigenvalue weighted by molar-refractivity contribution is -0.148. The number of rotatable bonds is 7. The van der Waals surface area contributed by atoms with Crippen molar-refractivity contribution in [2.24, 2.45) is 0 Å². The minimum Gasteiger partial charge on any atom is -0.466 e. The molecule has 1 aromatic heterocycles. The van der Waals surface area contributed by atoms with E-state index >= 15 is 0 Å². The Bertz CT molecular complexity index is 689. The molecule has 4 atom stereocenters. The van der Waals surface area contributed by atoms with E-state index in [0.717, 1.165) is 17.4 Å². The molecule has 9 heteroatoms. The van der Waals surface area contributed by atoms with Crippen LogP contribution in [0.2, 0.25) is 0 Å². The van der Waals surface area contributed by atoms with E-state index in [1.165, 1.54) is 12.3 Å². The van der Waals surface area contributed by atoms with E-state index in [-0.39, 0.29) is 18.8 Å². The number of aliphatic hydroxyl groups is 2. The molecule has 2 heterocycles. The molecule has 2 rings (SSSR count). The first-order chi connectivity index (χ1) is 11.9. The Morgan fingerprint density at radius 1 is 1.52 bits per heavy atom. The lowest BCUT2D eigenvalue weighted by Gasteiger charge is -2.18. The molecule has 0 aliphatic carbocycles. The predicted octanol–water partition coefficient (Wildman–Crippen LogP) is -0.179. The van der Waals surface area contributed by atoms with E-state index in [1.807, 2.05) is 6.92 Å². The van der Waals surface area contributed by atoms with Gasteiger partial charge in [-0.3, -0.25) is 9.36 Å². The zero-order chi connectivity index (χ0) is 18.6. The van der Waals surface area contributed by atoms with Crippen molar-refractivity contribution in [3.63, 3.8) is 0 Å². The molecule has 0 aromatic carbocycles. The van der Waals surface area contributed by atoms with Crippen molar-refractivity contribution >= 4 is 17.9 Å². The van der Waals surface area contributed by atoms with Crippen molar-refractivity contribution in [1.82, 2.24) is 9.55 Å². The summed E-state index contributed by atoms with van der Waals surface area (Å²) in [4.78, 5) is 27.4. The van der Waals surface area contributed by atoms with E-state index in [1.54, 1.807) is 0 Å². The molecule has 1 fully saturated rings. The van der Waals surface area contributed by atoms with Crippen molar-refractivity contribution in [1.29, 1.82) is 0 Å². The summed E-state index contributed by atoms with van der Waals surface area (Å²) < 4.78 is 11.6. The first-order valence-electron chi connectivity index (χ1n) is 8.07. The molecule has 0 unspecified atom stereocenters. The molecule has 0 bridgehead atoms. The maximum absolute atomic E-state index is 12.0. The average molecular weight is 353 g/mol. The second-order valence-electron chi connectivity index (χ2n) is 5.80. The monoisotopic (exact) mass is 353 g/mol.